The standard InChI is InChI=1S/C42H16B12N2O7/c43-19-13-15-33(23(47)21(45)24(48)38(15)59)56(35-30(54)41(62)26(50)27(51)42(35)63)31(13)28(52)37(58)14(19)18-36(57)16-17-32(22(46)20(44)25(49)39(17)60)55(34(16)29(53)40(18)61)12-8-6-11(7-9-12)10-4-2-1-3-5-10/h1-9,57-63H. The number of fused-ring (bicyclic) bond motifs is 6. The third-order valence-electron chi connectivity index (χ3n) is 11.7. The molecule has 24 radical (unpaired) electrons. The molecule has 0 spiro atoms. The van der Waals surface area contributed by atoms with Crippen LogP contribution in [-0.4, -0.2) is 139 Å². The van der Waals surface area contributed by atoms with Gasteiger partial charge in [0.2, 0.25) is 0 Å². The Morgan fingerprint density at radius 2 is 0.698 bits per heavy atom. The number of aromatic hydroxyl groups is 7. The van der Waals surface area contributed by atoms with E-state index in [-0.39, 0.29) is 70.9 Å². The predicted molar refractivity (Wildman–Crippen MR) is 262 cm³/mol. The van der Waals surface area contributed by atoms with Gasteiger partial charge >= 0.3 is 0 Å². The summed E-state index contributed by atoms with van der Waals surface area (Å²) in [4.78, 5) is 0. The van der Waals surface area contributed by atoms with Crippen molar-refractivity contribution >= 4 is 203 Å². The van der Waals surface area contributed by atoms with Crippen molar-refractivity contribution in [1.82, 2.24) is 9.13 Å². The third kappa shape index (κ3) is 5.41. The Morgan fingerprint density at radius 3 is 1.25 bits per heavy atom. The van der Waals surface area contributed by atoms with Crippen LogP contribution in [-0.2, 0) is 0 Å². The van der Waals surface area contributed by atoms with Gasteiger partial charge in [-0.1, -0.05) is 80.7 Å². The lowest BCUT2D eigenvalue weighted by atomic mass is 9.70. The van der Waals surface area contributed by atoms with Crippen molar-refractivity contribution in [2.24, 2.45) is 0 Å². The van der Waals surface area contributed by atoms with Crippen LogP contribution in [0.5, 0.6) is 40.2 Å². The molecule has 7 aromatic carbocycles. The zero-order valence-corrected chi connectivity index (χ0v) is 32.6. The van der Waals surface area contributed by atoms with Crippen molar-refractivity contribution in [2.45, 2.75) is 0 Å². The molecule has 0 aliphatic heterocycles. The maximum absolute atomic E-state index is 12.5. The first kappa shape index (κ1) is 41.9. The van der Waals surface area contributed by atoms with Crippen LogP contribution in [0.15, 0.2) is 54.6 Å². The van der Waals surface area contributed by atoms with Crippen molar-refractivity contribution in [1.29, 1.82) is 0 Å². The molecule has 63 heavy (non-hydrogen) atoms. The van der Waals surface area contributed by atoms with E-state index >= 15 is 0 Å². The first-order valence-electron chi connectivity index (χ1n) is 18.6. The minimum atomic E-state index is -0.911. The van der Waals surface area contributed by atoms with E-state index in [1.165, 1.54) is 4.57 Å². The van der Waals surface area contributed by atoms with Gasteiger partial charge in [-0.05, 0) is 39.6 Å². The zero-order valence-electron chi connectivity index (χ0n) is 32.6. The minimum absolute atomic E-state index is 0.0346. The van der Waals surface area contributed by atoms with Gasteiger partial charge in [0, 0.05) is 22.0 Å². The second-order valence-electron chi connectivity index (χ2n) is 15.0. The smallest absolute Gasteiger partial charge is 0.137 e. The lowest BCUT2D eigenvalue weighted by molar-refractivity contribution is 0.457. The Bertz CT molecular complexity index is 3530. The molecule has 0 saturated heterocycles. The van der Waals surface area contributed by atoms with Crippen LogP contribution in [0.2, 0.25) is 0 Å². The number of benzene rings is 7. The summed E-state index contributed by atoms with van der Waals surface area (Å²) in [5, 5.41) is 81.5. The first-order valence-corrected chi connectivity index (χ1v) is 18.6. The number of phenols is 7. The number of hydrogen-bond acceptors (Lipinski definition) is 7. The Morgan fingerprint density at radius 1 is 0.286 bits per heavy atom. The number of nitrogens with zero attached hydrogens (tertiary/aromatic N) is 2. The van der Waals surface area contributed by atoms with E-state index in [4.69, 9.17) is 94.2 Å². The average molecular weight is 790 g/mol. The van der Waals surface area contributed by atoms with Crippen LogP contribution in [0.3, 0.4) is 0 Å². The van der Waals surface area contributed by atoms with Crippen molar-refractivity contribution < 1.29 is 35.7 Å². The Labute approximate surface area is 375 Å². The summed E-state index contributed by atoms with van der Waals surface area (Å²) in [5.74, 6) is -5.46. The van der Waals surface area contributed by atoms with Crippen LogP contribution in [0.1, 0.15) is 0 Å². The average Bonchev–Trinajstić information content (AvgIpc) is 3.83. The van der Waals surface area contributed by atoms with Crippen molar-refractivity contribution in [3.05, 3.63) is 54.6 Å². The fraction of sp³-hybridized carbons (Fsp3) is 0. The zero-order chi connectivity index (χ0) is 45.6. The monoisotopic (exact) mass is 792 g/mol. The molecule has 7 N–H and O–H groups in total. The molecular weight excluding hydrogens is 774 g/mol. The minimum Gasteiger partial charge on any atom is -0.509 e. The maximum Gasteiger partial charge on any atom is 0.137 e. The summed E-state index contributed by atoms with van der Waals surface area (Å²) in [6, 6.07) is 16.6. The maximum atomic E-state index is 12.5. The topological polar surface area (TPSA) is 151 Å². The molecule has 0 amide bonds. The van der Waals surface area contributed by atoms with Crippen LogP contribution in [0.4, 0.5) is 0 Å². The molecule has 9 aromatic rings. The molecular formula is C42H16B12N2O7. The molecule has 9 nitrogen and oxygen atoms in total. The summed E-state index contributed by atoms with van der Waals surface area (Å²) in [7, 11) is 76.9. The molecule has 9 rings (SSSR count). The van der Waals surface area contributed by atoms with Gasteiger partial charge in [0.05, 0.1) is 44.1 Å². The highest BCUT2D eigenvalue weighted by Gasteiger charge is 2.33. The summed E-state index contributed by atoms with van der Waals surface area (Å²) in [6.07, 6.45) is 0. The summed E-state index contributed by atoms with van der Waals surface area (Å²) < 4.78 is 2.49. The van der Waals surface area contributed by atoms with E-state index in [2.05, 4.69) is 0 Å². The van der Waals surface area contributed by atoms with Crippen LogP contribution in [0, 0.1) is 0 Å². The van der Waals surface area contributed by atoms with E-state index < -0.39 is 95.3 Å². The highest BCUT2D eigenvalue weighted by atomic mass is 16.3. The largest absolute Gasteiger partial charge is 0.509 e. The quantitative estimate of drug-likeness (QED) is 0.0696. The van der Waals surface area contributed by atoms with Gasteiger partial charge in [-0.15, -0.1) is 10.9 Å². The summed E-state index contributed by atoms with van der Waals surface area (Å²) in [5.41, 5.74) is -4.97. The van der Waals surface area contributed by atoms with Crippen LogP contribution in [0.25, 0.3) is 77.2 Å². The third-order valence-corrected chi connectivity index (χ3v) is 11.7. The summed E-state index contributed by atoms with van der Waals surface area (Å²) >= 11 is 0. The molecule has 272 valence electrons. The molecule has 2 aromatic heterocycles. The Kier molecular flexibility index (Phi) is 9.48. The van der Waals surface area contributed by atoms with Gasteiger partial charge in [-0.25, -0.2) is 0 Å². The lowest BCUT2D eigenvalue weighted by Gasteiger charge is -2.23. The molecule has 0 bridgehead atoms. The molecule has 0 aliphatic rings. The highest BCUT2D eigenvalue weighted by molar-refractivity contribution is 6.64. The van der Waals surface area contributed by atoms with E-state index in [1.807, 2.05) is 42.5 Å². The molecule has 0 atom stereocenters. The first-order chi connectivity index (χ1) is 29.8. The van der Waals surface area contributed by atoms with Gasteiger partial charge in [0.1, 0.15) is 134 Å². The fourth-order valence-corrected chi connectivity index (χ4v) is 8.57. The van der Waals surface area contributed by atoms with Crippen LogP contribution >= 0.6 is 0 Å². The van der Waals surface area contributed by atoms with E-state index in [1.54, 1.807) is 12.1 Å². The fourth-order valence-electron chi connectivity index (χ4n) is 8.57. The number of hydrogen-bond donors (Lipinski definition) is 7. The Balaban J connectivity index is 1.46. The number of phenolic OH excluding ortho intramolecular Hbond substituents is 7. The SMILES string of the molecule is [B]c1c([B])c(O)c(-n2c3c([B])c(O)c(-c4c(O)c([B])c5c(c4O)c4c(O)c([B])c([B])c([B])c4n5-c4ccc(-c5ccccc5)cc4)c([B])c3c3c(O)c([B])c([B])c([B])c32)c([B])c1O. The second-order valence-corrected chi connectivity index (χ2v) is 15.0. The number of aromatic nitrogens is 2. The van der Waals surface area contributed by atoms with Crippen molar-refractivity contribution in [3.63, 3.8) is 0 Å². The van der Waals surface area contributed by atoms with Gasteiger partial charge in [0.15, 0.2) is 0 Å². The van der Waals surface area contributed by atoms with E-state index in [9.17, 15) is 35.7 Å². The Hall–Kier alpha value is -6.48. The second kappa shape index (κ2) is 14.3. The number of rotatable bonds is 4. The van der Waals surface area contributed by atoms with E-state index in [0.717, 1.165) is 15.7 Å². The molecule has 0 unspecified atom stereocenters. The lowest BCUT2D eigenvalue weighted by Crippen LogP contribution is -2.40. The van der Waals surface area contributed by atoms with Gasteiger partial charge in [-0.3, -0.25) is 0 Å². The normalized spacial score (nSPS) is 11.7. The van der Waals surface area contributed by atoms with E-state index in [0.29, 0.717) is 5.69 Å². The van der Waals surface area contributed by atoms with Crippen molar-refractivity contribution in [3.8, 4) is 73.9 Å². The van der Waals surface area contributed by atoms with Gasteiger partial charge < -0.3 is 44.9 Å². The van der Waals surface area contributed by atoms with Crippen molar-refractivity contribution in [2.75, 3.05) is 0 Å². The molecule has 2 heterocycles. The van der Waals surface area contributed by atoms with Gasteiger partial charge in [-0.2, -0.15) is 0 Å². The predicted octanol–water partition coefficient (Wildman–Crippen LogP) is -5.32. The molecule has 0 saturated carbocycles. The van der Waals surface area contributed by atoms with Crippen LogP contribution < -0.4 is 65.6 Å². The van der Waals surface area contributed by atoms with Gasteiger partial charge in [0.25, 0.3) is 0 Å². The highest BCUT2D eigenvalue weighted by Crippen LogP contribution is 2.49. The molecule has 0 fully saturated rings. The molecule has 21 heteroatoms. The molecule has 0 aliphatic carbocycles. The summed E-state index contributed by atoms with van der Waals surface area (Å²) in [6.45, 7) is 0.